The van der Waals surface area contributed by atoms with Crippen molar-refractivity contribution in [3.05, 3.63) is 52.0 Å². The van der Waals surface area contributed by atoms with Gasteiger partial charge in [0.15, 0.2) is 0 Å². The smallest absolute Gasteiger partial charge is 0.222 e. The Balaban J connectivity index is 1.43. The number of rotatable bonds is 6. The van der Waals surface area contributed by atoms with Crippen LogP contribution in [0, 0.1) is 0 Å². The van der Waals surface area contributed by atoms with E-state index >= 15 is 0 Å². The molecule has 0 unspecified atom stereocenters. The summed E-state index contributed by atoms with van der Waals surface area (Å²) in [5.41, 5.74) is 2.60. The summed E-state index contributed by atoms with van der Waals surface area (Å²) in [6.07, 6.45) is 3.60. The fourth-order valence-corrected chi connectivity index (χ4v) is 4.48. The van der Waals surface area contributed by atoms with Crippen LogP contribution < -0.4 is 0 Å². The van der Waals surface area contributed by atoms with Crippen molar-refractivity contribution in [2.45, 2.75) is 58.4 Å². The molecule has 28 heavy (non-hydrogen) atoms. The molecule has 2 aromatic rings. The Morgan fingerprint density at radius 2 is 1.89 bits per heavy atom. The predicted octanol–water partition coefficient (Wildman–Crippen LogP) is 4.50. The van der Waals surface area contributed by atoms with Gasteiger partial charge in [0.2, 0.25) is 5.91 Å². The molecule has 0 bridgehead atoms. The highest BCUT2D eigenvalue weighted by Gasteiger charge is 2.21. The number of amides is 1. The number of aromatic nitrogens is 1. The van der Waals surface area contributed by atoms with E-state index in [2.05, 4.69) is 60.2 Å². The maximum absolute atomic E-state index is 12.6. The molecule has 3 rings (SSSR count). The summed E-state index contributed by atoms with van der Waals surface area (Å²) in [5.74, 6) is 0.307. The fourth-order valence-electron chi connectivity index (χ4n) is 3.58. The molecule has 1 aliphatic heterocycles. The van der Waals surface area contributed by atoms with Gasteiger partial charge in [0.1, 0.15) is 0 Å². The monoisotopic (exact) mass is 399 g/mol. The van der Waals surface area contributed by atoms with Crippen molar-refractivity contribution >= 4 is 17.2 Å². The standard InChI is InChI=1S/C23H33N3OS/c1-23(2,3)22-24-20(18-28-22)17-25-13-8-14-26(16-15-25)21(27)12-7-11-19-9-5-4-6-10-19/h4-6,9-10,18H,7-8,11-17H2,1-3H3. The molecule has 0 saturated carbocycles. The van der Waals surface area contributed by atoms with Crippen LogP contribution in [0.5, 0.6) is 0 Å². The van der Waals surface area contributed by atoms with E-state index in [0.717, 1.165) is 57.7 Å². The molecule has 0 radical (unpaired) electrons. The van der Waals surface area contributed by atoms with E-state index in [0.29, 0.717) is 12.3 Å². The molecule has 2 heterocycles. The van der Waals surface area contributed by atoms with Crippen LogP contribution in [0.1, 0.15) is 56.3 Å². The zero-order valence-corrected chi connectivity index (χ0v) is 18.3. The predicted molar refractivity (Wildman–Crippen MR) is 117 cm³/mol. The van der Waals surface area contributed by atoms with Crippen molar-refractivity contribution < 1.29 is 4.79 Å². The Morgan fingerprint density at radius 1 is 1.11 bits per heavy atom. The molecule has 1 saturated heterocycles. The Hall–Kier alpha value is -1.72. The van der Waals surface area contributed by atoms with Crippen LogP contribution >= 0.6 is 11.3 Å². The summed E-state index contributed by atoms with van der Waals surface area (Å²) in [5, 5.41) is 3.39. The molecule has 5 heteroatoms. The van der Waals surface area contributed by atoms with Gasteiger partial charge in [0, 0.05) is 49.9 Å². The molecular weight excluding hydrogens is 366 g/mol. The van der Waals surface area contributed by atoms with Crippen molar-refractivity contribution in [2.75, 3.05) is 26.2 Å². The van der Waals surface area contributed by atoms with Gasteiger partial charge in [-0.15, -0.1) is 11.3 Å². The second-order valence-electron chi connectivity index (χ2n) is 8.74. The lowest BCUT2D eigenvalue weighted by Crippen LogP contribution is -2.35. The molecule has 1 fully saturated rings. The third-order valence-electron chi connectivity index (χ3n) is 5.22. The van der Waals surface area contributed by atoms with E-state index in [9.17, 15) is 4.79 Å². The Bertz CT molecular complexity index is 751. The minimum atomic E-state index is 0.116. The first-order valence-corrected chi connectivity index (χ1v) is 11.3. The molecule has 152 valence electrons. The van der Waals surface area contributed by atoms with E-state index in [-0.39, 0.29) is 5.41 Å². The van der Waals surface area contributed by atoms with Gasteiger partial charge < -0.3 is 4.90 Å². The van der Waals surface area contributed by atoms with Crippen LogP contribution in [0.2, 0.25) is 0 Å². The highest BCUT2D eigenvalue weighted by molar-refractivity contribution is 7.09. The van der Waals surface area contributed by atoms with Crippen molar-refractivity contribution in [1.82, 2.24) is 14.8 Å². The van der Waals surface area contributed by atoms with Gasteiger partial charge in [-0.05, 0) is 24.8 Å². The van der Waals surface area contributed by atoms with Gasteiger partial charge in [-0.2, -0.15) is 0 Å². The number of nitrogens with zero attached hydrogens (tertiary/aromatic N) is 3. The molecule has 1 amide bonds. The summed E-state index contributed by atoms with van der Waals surface area (Å²) >= 11 is 1.76. The van der Waals surface area contributed by atoms with Gasteiger partial charge in [-0.3, -0.25) is 9.69 Å². The molecule has 1 aromatic heterocycles. The number of carbonyl (C=O) groups excluding carboxylic acids is 1. The quantitative estimate of drug-likeness (QED) is 0.718. The number of thiazole rings is 1. The van der Waals surface area contributed by atoms with Crippen LogP contribution in [-0.2, 0) is 23.2 Å². The van der Waals surface area contributed by atoms with E-state index in [4.69, 9.17) is 4.98 Å². The Labute approximate surface area is 173 Å². The van der Waals surface area contributed by atoms with Gasteiger partial charge in [0.25, 0.3) is 0 Å². The first kappa shape index (κ1) is 21.0. The average molecular weight is 400 g/mol. The van der Waals surface area contributed by atoms with Gasteiger partial charge in [0.05, 0.1) is 10.7 Å². The number of hydrogen-bond acceptors (Lipinski definition) is 4. The third-order valence-corrected chi connectivity index (χ3v) is 6.54. The van der Waals surface area contributed by atoms with E-state index in [1.54, 1.807) is 11.3 Å². The Kier molecular flexibility index (Phi) is 7.24. The lowest BCUT2D eigenvalue weighted by atomic mass is 9.98. The lowest BCUT2D eigenvalue weighted by Gasteiger charge is -2.21. The number of carbonyl (C=O) groups is 1. The topological polar surface area (TPSA) is 36.4 Å². The molecule has 0 spiro atoms. The SMILES string of the molecule is CC(C)(C)c1nc(CN2CCCN(C(=O)CCCc3ccccc3)CC2)cs1. The van der Waals surface area contributed by atoms with Crippen molar-refractivity contribution in [3.8, 4) is 0 Å². The van der Waals surface area contributed by atoms with Crippen LogP contribution in [-0.4, -0.2) is 46.9 Å². The summed E-state index contributed by atoms with van der Waals surface area (Å²) in [6.45, 7) is 11.2. The van der Waals surface area contributed by atoms with Crippen molar-refractivity contribution in [1.29, 1.82) is 0 Å². The van der Waals surface area contributed by atoms with Gasteiger partial charge >= 0.3 is 0 Å². The largest absolute Gasteiger partial charge is 0.341 e. The molecule has 0 atom stereocenters. The number of aryl methyl sites for hydroxylation is 1. The van der Waals surface area contributed by atoms with E-state index in [1.165, 1.54) is 10.6 Å². The minimum Gasteiger partial charge on any atom is -0.341 e. The van der Waals surface area contributed by atoms with E-state index < -0.39 is 0 Å². The van der Waals surface area contributed by atoms with Gasteiger partial charge in [-0.25, -0.2) is 4.98 Å². The third kappa shape index (κ3) is 6.14. The molecule has 4 nitrogen and oxygen atoms in total. The molecule has 1 aromatic carbocycles. The molecule has 0 aliphatic carbocycles. The normalized spacial score (nSPS) is 16.2. The fraction of sp³-hybridized carbons (Fsp3) is 0.565. The maximum Gasteiger partial charge on any atom is 0.222 e. The average Bonchev–Trinajstić information content (AvgIpc) is 3.01. The first-order valence-electron chi connectivity index (χ1n) is 10.4. The lowest BCUT2D eigenvalue weighted by molar-refractivity contribution is -0.131. The summed E-state index contributed by atoms with van der Waals surface area (Å²) in [4.78, 5) is 21.9. The number of hydrogen-bond donors (Lipinski definition) is 0. The van der Waals surface area contributed by atoms with Crippen LogP contribution in [0.25, 0.3) is 0 Å². The van der Waals surface area contributed by atoms with Crippen LogP contribution in [0.3, 0.4) is 0 Å². The van der Waals surface area contributed by atoms with Crippen LogP contribution in [0.15, 0.2) is 35.7 Å². The van der Waals surface area contributed by atoms with Crippen LogP contribution in [0.4, 0.5) is 0 Å². The highest BCUT2D eigenvalue weighted by atomic mass is 32.1. The second-order valence-corrected chi connectivity index (χ2v) is 9.60. The maximum atomic E-state index is 12.6. The second kappa shape index (κ2) is 9.66. The first-order chi connectivity index (χ1) is 13.4. The highest BCUT2D eigenvalue weighted by Crippen LogP contribution is 2.26. The van der Waals surface area contributed by atoms with E-state index in [1.807, 2.05) is 6.07 Å². The van der Waals surface area contributed by atoms with Crippen molar-refractivity contribution in [3.63, 3.8) is 0 Å². The molecule has 1 aliphatic rings. The number of benzene rings is 1. The molecule has 0 N–H and O–H groups in total. The molecular formula is C23H33N3OS. The summed E-state index contributed by atoms with van der Waals surface area (Å²) < 4.78 is 0. The minimum absolute atomic E-state index is 0.116. The van der Waals surface area contributed by atoms with Gasteiger partial charge in [-0.1, -0.05) is 51.1 Å². The summed E-state index contributed by atoms with van der Waals surface area (Å²) in [6, 6.07) is 10.4. The zero-order chi connectivity index (χ0) is 20.0. The van der Waals surface area contributed by atoms with Crippen molar-refractivity contribution in [2.24, 2.45) is 0 Å². The Morgan fingerprint density at radius 3 is 2.61 bits per heavy atom. The zero-order valence-electron chi connectivity index (χ0n) is 17.5. The summed E-state index contributed by atoms with van der Waals surface area (Å²) in [7, 11) is 0.